The van der Waals surface area contributed by atoms with Gasteiger partial charge in [0.25, 0.3) is 0 Å². The number of aryl methyl sites for hydroxylation is 2. The zero-order chi connectivity index (χ0) is 13.2. The molecule has 0 radical (unpaired) electrons. The molecule has 0 atom stereocenters. The second-order valence-corrected chi connectivity index (χ2v) is 4.53. The van der Waals surface area contributed by atoms with Gasteiger partial charge in [0.1, 0.15) is 5.82 Å². The fourth-order valence-corrected chi connectivity index (χ4v) is 2.16. The molecule has 19 heavy (non-hydrogen) atoms. The van der Waals surface area contributed by atoms with Crippen LogP contribution in [0.25, 0.3) is 0 Å². The fraction of sp³-hybridized carbons (Fsp3) is 0.357. The Kier molecular flexibility index (Phi) is 3.03. The van der Waals surface area contributed by atoms with E-state index < -0.39 is 0 Å². The van der Waals surface area contributed by atoms with Crippen LogP contribution >= 0.6 is 0 Å². The summed E-state index contributed by atoms with van der Waals surface area (Å²) in [7, 11) is 0. The molecule has 2 aromatic rings. The highest BCUT2D eigenvalue weighted by Crippen LogP contribution is 2.32. The number of nitrogens with one attached hydrogen (secondary N) is 1. The number of ether oxygens (including phenoxy) is 2. The Bertz CT molecular complexity index is 592. The SMILES string of the molecule is CCn1nc(NCc2ccc3c(c2)OCO3)cc1C. The molecule has 0 aliphatic carbocycles. The van der Waals surface area contributed by atoms with Crippen LogP contribution in [0.1, 0.15) is 18.2 Å². The monoisotopic (exact) mass is 259 g/mol. The highest BCUT2D eigenvalue weighted by molar-refractivity contribution is 5.45. The minimum Gasteiger partial charge on any atom is -0.454 e. The third-order valence-electron chi connectivity index (χ3n) is 3.19. The predicted molar refractivity (Wildman–Crippen MR) is 72.5 cm³/mol. The summed E-state index contributed by atoms with van der Waals surface area (Å²) < 4.78 is 12.6. The van der Waals surface area contributed by atoms with Gasteiger partial charge in [-0.3, -0.25) is 4.68 Å². The minimum absolute atomic E-state index is 0.312. The van der Waals surface area contributed by atoms with Crippen molar-refractivity contribution in [2.45, 2.75) is 26.9 Å². The molecule has 1 aromatic carbocycles. The molecule has 5 heteroatoms. The minimum atomic E-state index is 0.312. The van der Waals surface area contributed by atoms with Crippen LogP contribution in [0.5, 0.6) is 11.5 Å². The lowest BCUT2D eigenvalue weighted by atomic mass is 10.2. The molecule has 1 aliphatic rings. The van der Waals surface area contributed by atoms with Gasteiger partial charge >= 0.3 is 0 Å². The van der Waals surface area contributed by atoms with Crippen LogP contribution in [0.15, 0.2) is 24.3 Å². The molecule has 0 fully saturated rings. The number of rotatable bonds is 4. The Morgan fingerprint density at radius 2 is 2.11 bits per heavy atom. The number of fused-ring (bicyclic) bond motifs is 1. The van der Waals surface area contributed by atoms with E-state index in [0.29, 0.717) is 6.79 Å². The third kappa shape index (κ3) is 2.36. The molecule has 0 saturated heterocycles. The first-order chi connectivity index (χ1) is 9.26. The number of hydrogen-bond donors (Lipinski definition) is 1. The van der Waals surface area contributed by atoms with Crippen LogP contribution in [0.4, 0.5) is 5.82 Å². The van der Waals surface area contributed by atoms with Crippen molar-refractivity contribution in [2.24, 2.45) is 0 Å². The van der Waals surface area contributed by atoms with Gasteiger partial charge in [0, 0.05) is 24.8 Å². The Morgan fingerprint density at radius 3 is 2.89 bits per heavy atom. The van der Waals surface area contributed by atoms with Gasteiger partial charge in [-0.15, -0.1) is 0 Å². The van der Waals surface area contributed by atoms with E-state index in [1.807, 2.05) is 22.9 Å². The first-order valence-electron chi connectivity index (χ1n) is 6.43. The summed E-state index contributed by atoms with van der Waals surface area (Å²) in [6.45, 7) is 6.06. The molecule has 1 aromatic heterocycles. The van der Waals surface area contributed by atoms with E-state index in [2.05, 4.69) is 30.3 Å². The highest BCUT2D eigenvalue weighted by Gasteiger charge is 2.13. The van der Waals surface area contributed by atoms with Gasteiger partial charge in [-0.2, -0.15) is 5.10 Å². The van der Waals surface area contributed by atoms with E-state index in [1.165, 1.54) is 0 Å². The molecule has 5 nitrogen and oxygen atoms in total. The first kappa shape index (κ1) is 11.9. The van der Waals surface area contributed by atoms with Crippen LogP contribution in [0.2, 0.25) is 0 Å². The predicted octanol–water partition coefficient (Wildman–Crippen LogP) is 2.55. The van der Waals surface area contributed by atoms with Crippen molar-refractivity contribution in [3.05, 3.63) is 35.5 Å². The van der Waals surface area contributed by atoms with Crippen molar-refractivity contribution in [3.63, 3.8) is 0 Å². The van der Waals surface area contributed by atoms with Gasteiger partial charge < -0.3 is 14.8 Å². The fourth-order valence-electron chi connectivity index (χ4n) is 2.16. The zero-order valence-electron chi connectivity index (χ0n) is 11.1. The van der Waals surface area contributed by atoms with E-state index >= 15 is 0 Å². The maximum atomic E-state index is 5.36. The standard InChI is InChI=1S/C14H17N3O2/c1-3-17-10(2)6-14(16-17)15-8-11-4-5-12-13(7-11)19-9-18-12/h4-7H,3,8-9H2,1-2H3,(H,15,16). The summed E-state index contributed by atoms with van der Waals surface area (Å²) in [6.07, 6.45) is 0. The average Bonchev–Trinajstić information content (AvgIpc) is 3.01. The van der Waals surface area contributed by atoms with Crippen molar-refractivity contribution < 1.29 is 9.47 Å². The van der Waals surface area contributed by atoms with Gasteiger partial charge in [0.15, 0.2) is 11.5 Å². The van der Waals surface area contributed by atoms with E-state index in [4.69, 9.17) is 9.47 Å². The molecule has 0 saturated carbocycles. The lowest BCUT2D eigenvalue weighted by Crippen LogP contribution is -2.02. The summed E-state index contributed by atoms with van der Waals surface area (Å²) in [4.78, 5) is 0. The number of anilines is 1. The summed E-state index contributed by atoms with van der Waals surface area (Å²) in [5, 5.41) is 7.78. The third-order valence-corrected chi connectivity index (χ3v) is 3.19. The van der Waals surface area contributed by atoms with E-state index in [-0.39, 0.29) is 0 Å². The van der Waals surface area contributed by atoms with Gasteiger partial charge in [0.05, 0.1) is 0 Å². The normalized spacial score (nSPS) is 12.7. The number of benzene rings is 1. The molecular formula is C14H17N3O2. The van der Waals surface area contributed by atoms with Crippen molar-refractivity contribution in [3.8, 4) is 11.5 Å². The molecule has 1 N–H and O–H groups in total. The quantitative estimate of drug-likeness (QED) is 0.916. The van der Waals surface area contributed by atoms with Crippen LogP contribution in [-0.4, -0.2) is 16.6 Å². The lowest BCUT2D eigenvalue weighted by molar-refractivity contribution is 0.174. The molecule has 2 heterocycles. The maximum absolute atomic E-state index is 5.36. The summed E-state index contributed by atoms with van der Waals surface area (Å²) in [5.74, 6) is 2.53. The summed E-state index contributed by atoms with van der Waals surface area (Å²) in [6, 6.07) is 8.02. The molecule has 0 spiro atoms. The van der Waals surface area contributed by atoms with Gasteiger partial charge in [-0.05, 0) is 31.5 Å². The van der Waals surface area contributed by atoms with Crippen molar-refractivity contribution >= 4 is 5.82 Å². The highest BCUT2D eigenvalue weighted by atomic mass is 16.7. The van der Waals surface area contributed by atoms with Crippen molar-refractivity contribution in [1.29, 1.82) is 0 Å². The smallest absolute Gasteiger partial charge is 0.231 e. The molecule has 3 rings (SSSR count). The average molecular weight is 259 g/mol. The number of nitrogens with zero attached hydrogens (tertiary/aromatic N) is 2. The largest absolute Gasteiger partial charge is 0.454 e. The van der Waals surface area contributed by atoms with Gasteiger partial charge in [-0.1, -0.05) is 6.07 Å². The molecule has 1 aliphatic heterocycles. The lowest BCUT2D eigenvalue weighted by Gasteiger charge is -2.04. The Morgan fingerprint density at radius 1 is 1.26 bits per heavy atom. The maximum Gasteiger partial charge on any atom is 0.231 e. The second-order valence-electron chi connectivity index (χ2n) is 4.53. The zero-order valence-corrected chi connectivity index (χ0v) is 11.1. The van der Waals surface area contributed by atoms with Crippen LogP contribution in [0, 0.1) is 6.92 Å². The molecule has 0 unspecified atom stereocenters. The summed E-state index contributed by atoms with van der Waals surface area (Å²) in [5.41, 5.74) is 2.31. The van der Waals surface area contributed by atoms with Crippen LogP contribution < -0.4 is 14.8 Å². The molecule has 0 bridgehead atoms. The molecule has 100 valence electrons. The number of hydrogen-bond acceptors (Lipinski definition) is 4. The Hall–Kier alpha value is -2.17. The molecular weight excluding hydrogens is 242 g/mol. The van der Waals surface area contributed by atoms with E-state index in [1.54, 1.807) is 0 Å². The van der Waals surface area contributed by atoms with E-state index in [9.17, 15) is 0 Å². The topological polar surface area (TPSA) is 48.3 Å². The molecule has 0 amide bonds. The van der Waals surface area contributed by atoms with Gasteiger partial charge in [0.2, 0.25) is 6.79 Å². The Labute approximate surface area is 112 Å². The number of aromatic nitrogens is 2. The van der Waals surface area contributed by atoms with Crippen molar-refractivity contribution in [1.82, 2.24) is 9.78 Å². The van der Waals surface area contributed by atoms with Crippen LogP contribution in [-0.2, 0) is 13.1 Å². The van der Waals surface area contributed by atoms with E-state index in [0.717, 1.165) is 41.7 Å². The Balaban J connectivity index is 1.68. The second kappa shape index (κ2) is 4.84. The first-order valence-corrected chi connectivity index (χ1v) is 6.43. The van der Waals surface area contributed by atoms with Crippen molar-refractivity contribution in [2.75, 3.05) is 12.1 Å². The van der Waals surface area contributed by atoms with Gasteiger partial charge in [-0.25, -0.2) is 0 Å². The summed E-state index contributed by atoms with van der Waals surface area (Å²) >= 11 is 0. The van der Waals surface area contributed by atoms with Crippen LogP contribution in [0.3, 0.4) is 0 Å².